The smallest absolute Gasteiger partial charge is 0.231 e. The molecule has 0 aliphatic heterocycles. The molecule has 1 aromatic rings. The van der Waals surface area contributed by atoms with Crippen LogP contribution in [0.3, 0.4) is 0 Å². The highest BCUT2D eigenvalue weighted by atomic mass is 16.3. The maximum absolute atomic E-state index is 10.8. The van der Waals surface area contributed by atoms with E-state index in [4.69, 9.17) is 5.11 Å². The van der Waals surface area contributed by atoms with Crippen LogP contribution in [0.2, 0.25) is 0 Å². The number of aromatic nitrogens is 2. The third-order valence-corrected chi connectivity index (χ3v) is 1.68. The number of nitrogens with one attached hydrogen (secondary N) is 2. The maximum Gasteiger partial charge on any atom is 0.231 e. The average molecular weight is 226 g/mol. The summed E-state index contributed by atoms with van der Waals surface area (Å²) in [6.45, 7) is 1.87. The molecule has 0 aliphatic carbocycles. The van der Waals surface area contributed by atoms with Crippen molar-refractivity contribution >= 4 is 17.7 Å². The van der Waals surface area contributed by atoms with E-state index in [0.717, 1.165) is 0 Å². The van der Waals surface area contributed by atoms with Gasteiger partial charge in [0.05, 0.1) is 6.20 Å². The van der Waals surface area contributed by atoms with Crippen LogP contribution in [0, 0.1) is 0 Å². The molecule has 1 rings (SSSR count). The lowest BCUT2D eigenvalue weighted by Gasteiger charge is -2.07. The molecule has 1 amide bonds. The van der Waals surface area contributed by atoms with Crippen LogP contribution in [-0.2, 0) is 4.79 Å². The second-order valence-corrected chi connectivity index (χ2v) is 3.11. The van der Waals surface area contributed by atoms with E-state index >= 15 is 0 Å². The number of hydrogen-bond donors (Lipinski definition) is 4. The van der Waals surface area contributed by atoms with Gasteiger partial charge in [-0.25, -0.2) is 4.98 Å². The van der Waals surface area contributed by atoms with Crippen molar-refractivity contribution in [1.29, 1.82) is 0 Å². The zero-order valence-electron chi connectivity index (χ0n) is 8.90. The third-order valence-electron chi connectivity index (χ3n) is 1.68. The van der Waals surface area contributed by atoms with Gasteiger partial charge < -0.3 is 15.5 Å². The second-order valence-electron chi connectivity index (χ2n) is 3.11. The molecule has 0 fully saturated rings. The summed E-state index contributed by atoms with van der Waals surface area (Å²) in [7, 11) is 0. The number of aliphatic hydroxyl groups is 1. The molecule has 0 aromatic carbocycles. The zero-order valence-corrected chi connectivity index (χ0v) is 8.90. The molecule has 0 atom stereocenters. The normalized spacial score (nSPS) is 9.88. The first kappa shape index (κ1) is 12.2. The lowest BCUT2D eigenvalue weighted by atomic mass is 10.4. The molecule has 0 saturated carbocycles. The quantitative estimate of drug-likeness (QED) is 0.524. The number of aromatic hydroxyl groups is 1. The molecule has 0 spiro atoms. The van der Waals surface area contributed by atoms with Crippen molar-refractivity contribution in [2.75, 3.05) is 23.8 Å². The van der Waals surface area contributed by atoms with Gasteiger partial charge in [-0.1, -0.05) is 0 Å². The number of nitrogens with zero attached hydrogens (tertiary/aromatic N) is 2. The van der Waals surface area contributed by atoms with Gasteiger partial charge in [-0.15, -0.1) is 0 Å². The zero-order chi connectivity index (χ0) is 12.0. The van der Waals surface area contributed by atoms with E-state index in [0.29, 0.717) is 13.0 Å². The highest BCUT2D eigenvalue weighted by Crippen LogP contribution is 2.19. The minimum atomic E-state index is -0.285. The van der Waals surface area contributed by atoms with E-state index in [1.165, 1.54) is 13.1 Å². The van der Waals surface area contributed by atoms with Crippen molar-refractivity contribution in [1.82, 2.24) is 9.97 Å². The number of rotatable bonds is 5. The third kappa shape index (κ3) is 3.70. The summed E-state index contributed by atoms with van der Waals surface area (Å²) < 4.78 is 0. The van der Waals surface area contributed by atoms with Crippen LogP contribution in [0.15, 0.2) is 6.20 Å². The van der Waals surface area contributed by atoms with E-state index < -0.39 is 0 Å². The number of hydrogen-bond acceptors (Lipinski definition) is 6. The van der Waals surface area contributed by atoms with Gasteiger partial charge in [-0.3, -0.25) is 10.1 Å². The topological polar surface area (TPSA) is 107 Å². The molecular weight excluding hydrogens is 212 g/mol. The van der Waals surface area contributed by atoms with Crippen molar-refractivity contribution in [2.45, 2.75) is 13.3 Å². The number of carbonyl (C=O) groups is 1. The molecular formula is C9H14N4O3. The standard InChI is InChI=1S/C9H14N4O3/c1-6(15)12-9-11-5-7(16)8(13-9)10-3-2-4-14/h5,14,16H,2-4H2,1H3,(H2,10,11,12,13,15). The van der Waals surface area contributed by atoms with Crippen LogP contribution < -0.4 is 10.6 Å². The van der Waals surface area contributed by atoms with Gasteiger partial charge in [-0.2, -0.15) is 4.98 Å². The fourth-order valence-corrected chi connectivity index (χ4v) is 1.01. The van der Waals surface area contributed by atoms with Gasteiger partial charge in [0, 0.05) is 20.1 Å². The van der Waals surface area contributed by atoms with Crippen LogP contribution >= 0.6 is 0 Å². The monoisotopic (exact) mass is 226 g/mol. The predicted molar refractivity (Wildman–Crippen MR) is 58.2 cm³/mol. The molecule has 4 N–H and O–H groups in total. The molecule has 0 bridgehead atoms. The van der Waals surface area contributed by atoms with E-state index in [1.807, 2.05) is 0 Å². The molecule has 0 aliphatic rings. The Kier molecular flexibility index (Phi) is 4.46. The molecule has 16 heavy (non-hydrogen) atoms. The first-order valence-corrected chi connectivity index (χ1v) is 4.82. The highest BCUT2D eigenvalue weighted by Gasteiger charge is 2.06. The minimum absolute atomic E-state index is 0.0530. The number of anilines is 2. The van der Waals surface area contributed by atoms with Crippen molar-refractivity contribution in [3.63, 3.8) is 0 Å². The highest BCUT2D eigenvalue weighted by molar-refractivity contribution is 5.86. The van der Waals surface area contributed by atoms with Crippen LogP contribution in [0.1, 0.15) is 13.3 Å². The summed E-state index contributed by atoms with van der Waals surface area (Å²) in [6, 6.07) is 0. The summed E-state index contributed by atoms with van der Waals surface area (Å²) in [5.74, 6) is -0.0389. The number of aliphatic hydroxyl groups excluding tert-OH is 1. The van der Waals surface area contributed by atoms with Gasteiger partial charge in [0.15, 0.2) is 11.6 Å². The lowest BCUT2D eigenvalue weighted by molar-refractivity contribution is -0.114. The average Bonchev–Trinajstić information content (AvgIpc) is 2.22. The van der Waals surface area contributed by atoms with E-state index in [-0.39, 0.29) is 30.0 Å². The second kappa shape index (κ2) is 5.86. The van der Waals surface area contributed by atoms with Crippen LogP contribution in [0.25, 0.3) is 0 Å². The van der Waals surface area contributed by atoms with Gasteiger partial charge >= 0.3 is 0 Å². The summed E-state index contributed by atoms with van der Waals surface area (Å²) >= 11 is 0. The molecule has 1 heterocycles. The van der Waals surface area contributed by atoms with Crippen molar-refractivity contribution in [2.24, 2.45) is 0 Å². The van der Waals surface area contributed by atoms with Crippen LogP contribution in [0.5, 0.6) is 5.75 Å². The Morgan fingerprint density at radius 3 is 2.94 bits per heavy atom. The van der Waals surface area contributed by atoms with E-state index in [9.17, 15) is 9.90 Å². The van der Waals surface area contributed by atoms with Gasteiger partial charge in [0.1, 0.15) is 0 Å². The van der Waals surface area contributed by atoms with Crippen LogP contribution in [0.4, 0.5) is 11.8 Å². The summed E-state index contributed by atoms with van der Waals surface area (Å²) in [4.78, 5) is 18.4. The first-order chi connectivity index (χ1) is 7.63. The Morgan fingerprint density at radius 1 is 1.56 bits per heavy atom. The number of carbonyl (C=O) groups excluding carboxylic acids is 1. The Balaban J connectivity index is 2.70. The number of amides is 1. The van der Waals surface area contributed by atoms with Crippen molar-refractivity contribution in [3.05, 3.63) is 6.20 Å². The Morgan fingerprint density at radius 2 is 2.31 bits per heavy atom. The van der Waals surface area contributed by atoms with Gasteiger partial charge in [0.25, 0.3) is 0 Å². The van der Waals surface area contributed by atoms with Gasteiger partial charge in [0.2, 0.25) is 11.9 Å². The summed E-state index contributed by atoms with van der Waals surface area (Å²) in [5, 5.41) is 23.2. The van der Waals surface area contributed by atoms with E-state index in [2.05, 4.69) is 20.6 Å². The first-order valence-electron chi connectivity index (χ1n) is 4.82. The Hall–Kier alpha value is -1.89. The van der Waals surface area contributed by atoms with Gasteiger partial charge in [-0.05, 0) is 6.42 Å². The lowest BCUT2D eigenvalue weighted by Crippen LogP contribution is -2.11. The Bertz CT molecular complexity index is 370. The molecule has 88 valence electrons. The minimum Gasteiger partial charge on any atom is -0.503 e. The fraction of sp³-hybridized carbons (Fsp3) is 0.444. The van der Waals surface area contributed by atoms with Crippen molar-refractivity contribution < 1.29 is 15.0 Å². The summed E-state index contributed by atoms with van der Waals surface area (Å²) in [6.07, 6.45) is 1.73. The molecule has 0 unspecified atom stereocenters. The summed E-state index contributed by atoms with van der Waals surface area (Å²) in [5.41, 5.74) is 0. The maximum atomic E-state index is 10.8. The molecule has 7 nitrogen and oxygen atoms in total. The molecule has 0 saturated heterocycles. The van der Waals surface area contributed by atoms with Crippen molar-refractivity contribution in [3.8, 4) is 5.75 Å². The van der Waals surface area contributed by atoms with E-state index in [1.54, 1.807) is 0 Å². The van der Waals surface area contributed by atoms with Crippen LogP contribution in [-0.4, -0.2) is 39.2 Å². The molecule has 0 radical (unpaired) electrons. The fourth-order valence-electron chi connectivity index (χ4n) is 1.01. The Labute approximate surface area is 92.5 Å². The SMILES string of the molecule is CC(=O)Nc1ncc(O)c(NCCCO)n1. The molecule has 1 aromatic heterocycles. The predicted octanol–water partition coefficient (Wildman–Crippen LogP) is -0.0651. The largest absolute Gasteiger partial charge is 0.503 e. The molecule has 7 heteroatoms.